The fourth-order valence-corrected chi connectivity index (χ4v) is 1.31. The van der Waals surface area contributed by atoms with Gasteiger partial charge in [0.25, 0.3) is 0 Å². The van der Waals surface area contributed by atoms with Crippen LogP contribution in [0.4, 0.5) is 5.69 Å². The summed E-state index contributed by atoms with van der Waals surface area (Å²) in [6.45, 7) is 1.29. The van der Waals surface area contributed by atoms with Crippen molar-refractivity contribution in [1.29, 1.82) is 0 Å². The van der Waals surface area contributed by atoms with Crippen LogP contribution in [0.3, 0.4) is 0 Å². The minimum Gasteiger partial charge on any atom is -0.469 e. The Morgan fingerprint density at radius 2 is 2.75 bits per heavy atom. The molecule has 0 fully saturated rings. The van der Waals surface area contributed by atoms with Crippen molar-refractivity contribution in [3.8, 4) is 5.88 Å². The zero-order chi connectivity index (χ0) is 8.55. The molecule has 5 heteroatoms. The second-order valence-corrected chi connectivity index (χ2v) is 2.78. The molecule has 0 spiro atoms. The van der Waals surface area contributed by atoms with Crippen LogP contribution in [0.25, 0.3) is 0 Å². The maximum absolute atomic E-state index is 5.60. The third-order valence-electron chi connectivity index (χ3n) is 1.83. The molecule has 1 atom stereocenters. The lowest BCUT2D eigenvalue weighted by Gasteiger charge is -2.06. The zero-order valence-electron chi connectivity index (χ0n) is 6.86. The smallest absolute Gasteiger partial charge is 0.236 e. The summed E-state index contributed by atoms with van der Waals surface area (Å²) in [4.78, 5) is 0. The largest absolute Gasteiger partial charge is 0.469 e. The van der Waals surface area contributed by atoms with Crippen LogP contribution in [0, 0.1) is 0 Å². The molecule has 0 amide bonds. The molecule has 1 aliphatic rings. The van der Waals surface area contributed by atoms with Crippen molar-refractivity contribution in [2.75, 3.05) is 19.5 Å². The molecule has 0 unspecified atom stereocenters. The summed E-state index contributed by atoms with van der Waals surface area (Å²) in [7, 11) is 1.65. The number of hydrogen-bond acceptors (Lipinski definition) is 4. The van der Waals surface area contributed by atoms with E-state index in [1.807, 2.05) is 0 Å². The van der Waals surface area contributed by atoms with Crippen molar-refractivity contribution in [3.63, 3.8) is 0 Å². The van der Waals surface area contributed by atoms with Gasteiger partial charge in [-0.3, -0.25) is 0 Å². The second-order valence-electron chi connectivity index (χ2n) is 2.78. The predicted octanol–water partition coefficient (Wildman–Crippen LogP) is -0.127. The Balaban J connectivity index is 2.12. The SMILES string of the molecule is COC[C@@H]1Cn2ncc(N)c2O1. The van der Waals surface area contributed by atoms with E-state index in [4.69, 9.17) is 15.2 Å². The molecule has 2 rings (SSSR count). The van der Waals surface area contributed by atoms with Crippen molar-refractivity contribution in [2.24, 2.45) is 0 Å². The highest BCUT2D eigenvalue weighted by Gasteiger charge is 2.25. The van der Waals surface area contributed by atoms with Crippen LogP contribution >= 0.6 is 0 Å². The number of ether oxygens (including phenoxy) is 2. The summed E-state index contributed by atoms with van der Waals surface area (Å²) < 4.78 is 12.2. The molecule has 0 bridgehead atoms. The van der Waals surface area contributed by atoms with Crippen LogP contribution in [0.5, 0.6) is 5.88 Å². The first kappa shape index (κ1) is 7.42. The van der Waals surface area contributed by atoms with E-state index >= 15 is 0 Å². The lowest BCUT2D eigenvalue weighted by molar-refractivity contribution is 0.0938. The Morgan fingerprint density at radius 1 is 1.92 bits per heavy atom. The fraction of sp³-hybridized carbons (Fsp3) is 0.571. The lowest BCUT2D eigenvalue weighted by atomic mass is 10.4. The number of anilines is 1. The maximum Gasteiger partial charge on any atom is 0.236 e. The van der Waals surface area contributed by atoms with E-state index in [0.29, 0.717) is 18.2 Å². The minimum absolute atomic E-state index is 0.0565. The van der Waals surface area contributed by atoms with E-state index in [1.165, 1.54) is 0 Å². The van der Waals surface area contributed by atoms with Gasteiger partial charge < -0.3 is 15.2 Å². The Labute approximate surface area is 70.1 Å². The van der Waals surface area contributed by atoms with Gasteiger partial charge in [0.2, 0.25) is 5.88 Å². The Hall–Kier alpha value is -1.23. The van der Waals surface area contributed by atoms with Gasteiger partial charge in [-0.1, -0.05) is 0 Å². The summed E-state index contributed by atoms with van der Waals surface area (Å²) in [5.41, 5.74) is 6.19. The second kappa shape index (κ2) is 2.67. The predicted molar refractivity (Wildman–Crippen MR) is 42.9 cm³/mol. The third-order valence-corrected chi connectivity index (χ3v) is 1.83. The minimum atomic E-state index is 0.0565. The third kappa shape index (κ3) is 1.02. The number of nitrogens with two attached hydrogens (primary N) is 1. The van der Waals surface area contributed by atoms with Gasteiger partial charge in [-0.05, 0) is 0 Å². The topological polar surface area (TPSA) is 62.3 Å². The molecule has 1 aromatic heterocycles. The molecule has 1 aromatic rings. The zero-order valence-corrected chi connectivity index (χ0v) is 6.86. The first-order chi connectivity index (χ1) is 5.81. The van der Waals surface area contributed by atoms with Crippen LogP contribution in [-0.4, -0.2) is 29.6 Å². The summed E-state index contributed by atoms with van der Waals surface area (Å²) >= 11 is 0. The van der Waals surface area contributed by atoms with Crippen LogP contribution in [0.15, 0.2) is 6.20 Å². The molecular formula is C7H11N3O2. The average Bonchev–Trinajstić information content (AvgIpc) is 2.55. The van der Waals surface area contributed by atoms with Crippen molar-refractivity contribution < 1.29 is 9.47 Å². The molecule has 0 aliphatic carbocycles. The Morgan fingerprint density at radius 3 is 3.42 bits per heavy atom. The van der Waals surface area contributed by atoms with Gasteiger partial charge in [-0.2, -0.15) is 5.10 Å². The number of aromatic nitrogens is 2. The summed E-state index contributed by atoms with van der Waals surface area (Å²) in [5, 5.41) is 4.04. The van der Waals surface area contributed by atoms with Crippen LogP contribution in [-0.2, 0) is 11.3 Å². The van der Waals surface area contributed by atoms with Crippen LogP contribution in [0.2, 0.25) is 0 Å². The van der Waals surface area contributed by atoms with Gasteiger partial charge in [0.1, 0.15) is 11.8 Å². The van der Waals surface area contributed by atoms with E-state index < -0.39 is 0 Å². The number of methoxy groups -OCH3 is 1. The average molecular weight is 169 g/mol. The normalized spacial score (nSPS) is 20.6. The molecule has 2 N–H and O–H groups in total. The lowest BCUT2D eigenvalue weighted by Crippen LogP contribution is -2.20. The van der Waals surface area contributed by atoms with Crippen molar-refractivity contribution >= 4 is 5.69 Å². The first-order valence-electron chi connectivity index (χ1n) is 3.78. The molecule has 1 aliphatic heterocycles. The van der Waals surface area contributed by atoms with Gasteiger partial charge in [0.15, 0.2) is 0 Å². The molecule has 5 nitrogen and oxygen atoms in total. The van der Waals surface area contributed by atoms with Crippen molar-refractivity contribution in [1.82, 2.24) is 9.78 Å². The molecule has 2 heterocycles. The van der Waals surface area contributed by atoms with Crippen molar-refractivity contribution in [2.45, 2.75) is 12.6 Å². The number of fused-ring (bicyclic) bond motifs is 1. The van der Waals surface area contributed by atoms with E-state index in [1.54, 1.807) is 18.0 Å². The molecule has 66 valence electrons. The number of hydrogen-bond donors (Lipinski definition) is 1. The highest BCUT2D eigenvalue weighted by atomic mass is 16.5. The summed E-state index contributed by atoms with van der Waals surface area (Å²) in [6.07, 6.45) is 1.65. The van der Waals surface area contributed by atoms with Gasteiger partial charge in [-0.15, -0.1) is 0 Å². The Bertz CT molecular complexity index is 284. The number of rotatable bonds is 2. The van der Waals surface area contributed by atoms with E-state index in [-0.39, 0.29) is 6.10 Å². The monoisotopic (exact) mass is 169 g/mol. The molecule has 12 heavy (non-hydrogen) atoms. The molecule has 0 radical (unpaired) electrons. The van der Waals surface area contributed by atoms with Gasteiger partial charge >= 0.3 is 0 Å². The molecule has 0 aromatic carbocycles. The summed E-state index contributed by atoms with van der Waals surface area (Å²) in [6, 6.07) is 0. The molecule has 0 saturated carbocycles. The van der Waals surface area contributed by atoms with Crippen LogP contribution < -0.4 is 10.5 Å². The van der Waals surface area contributed by atoms with E-state index in [2.05, 4.69) is 5.10 Å². The Kier molecular flexibility index (Phi) is 1.65. The first-order valence-corrected chi connectivity index (χ1v) is 3.78. The van der Waals surface area contributed by atoms with Gasteiger partial charge in [0, 0.05) is 7.11 Å². The maximum atomic E-state index is 5.60. The quantitative estimate of drug-likeness (QED) is 0.670. The van der Waals surface area contributed by atoms with Crippen LogP contribution in [0.1, 0.15) is 0 Å². The van der Waals surface area contributed by atoms with E-state index in [0.717, 1.165) is 6.54 Å². The number of nitrogens with zero attached hydrogens (tertiary/aromatic N) is 2. The highest BCUT2D eigenvalue weighted by molar-refractivity contribution is 5.47. The van der Waals surface area contributed by atoms with Gasteiger partial charge in [0.05, 0.1) is 19.3 Å². The van der Waals surface area contributed by atoms with E-state index in [9.17, 15) is 0 Å². The highest BCUT2D eigenvalue weighted by Crippen LogP contribution is 2.27. The standard InChI is InChI=1S/C7H11N3O2/c1-11-4-5-3-10-7(12-5)6(8)2-9-10/h2,5H,3-4,8H2,1H3/t5-/m0/s1. The fourth-order valence-electron chi connectivity index (χ4n) is 1.31. The molecular weight excluding hydrogens is 158 g/mol. The van der Waals surface area contributed by atoms with Gasteiger partial charge in [-0.25, -0.2) is 4.68 Å². The summed E-state index contributed by atoms with van der Waals surface area (Å²) in [5.74, 6) is 0.664. The number of nitrogen functional groups attached to an aromatic ring is 1. The van der Waals surface area contributed by atoms with Crippen molar-refractivity contribution in [3.05, 3.63) is 6.20 Å². The molecule has 0 saturated heterocycles.